The maximum atomic E-state index is 11.0. The van der Waals surface area contributed by atoms with Crippen molar-refractivity contribution in [3.63, 3.8) is 0 Å². The summed E-state index contributed by atoms with van der Waals surface area (Å²) in [5.41, 5.74) is 10.9. The Labute approximate surface area is 84.3 Å². The van der Waals surface area contributed by atoms with Gasteiger partial charge >= 0.3 is 0 Å². The normalized spacial score (nSPS) is 33.3. The third-order valence-electron chi connectivity index (χ3n) is 2.77. The van der Waals surface area contributed by atoms with E-state index in [0.717, 1.165) is 12.8 Å². The van der Waals surface area contributed by atoms with Gasteiger partial charge in [0.1, 0.15) is 0 Å². The summed E-state index contributed by atoms with van der Waals surface area (Å²) in [5.74, 6) is -0.0271. The van der Waals surface area contributed by atoms with Crippen LogP contribution in [0.3, 0.4) is 0 Å². The maximum absolute atomic E-state index is 11.0. The molecule has 80 valence electrons. The zero-order valence-corrected chi connectivity index (χ0v) is 8.69. The number of ether oxygens (including phenoxy) is 1. The summed E-state index contributed by atoms with van der Waals surface area (Å²) in [4.78, 5) is 11.0. The topological polar surface area (TPSA) is 78.3 Å². The van der Waals surface area contributed by atoms with Gasteiger partial charge in [-0.1, -0.05) is 13.8 Å². The fourth-order valence-electron chi connectivity index (χ4n) is 1.94. The van der Waals surface area contributed by atoms with E-state index in [2.05, 4.69) is 13.8 Å². The van der Waals surface area contributed by atoms with E-state index in [1.54, 1.807) is 0 Å². The average Bonchev–Trinajstić information content (AvgIpc) is 2.47. The molecule has 0 aromatic rings. The van der Waals surface area contributed by atoms with Crippen LogP contribution in [0.4, 0.5) is 0 Å². The van der Waals surface area contributed by atoms with Crippen molar-refractivity contribution in [1.29, 1.82) is 0 Å². The first-order valence-corrected chi connectivity index (χ1v) is 4.97. The van der Waals surface area contributed by atoms with Gasteiger partial charge in [-0.05, 0) is 18.8 Å². The number of amides is 1. The molecule has 14 heavy (non-hydrogen) atoms. The van der Waals surface area contributed by atoms with Crippen LogP contribution in [0.25, 0.3) is 0 Å². The van der Waals surface area contributed by atoms with Gasteiger partial charge in [-0.2, -0.15) is 0 Å². The lowest BCUT2D eigenvalue weighted by Gasteiger charge is -2.13. The lowest BCUT2D eigenvalue weighted by Crippen LogP contribution is -2.25. The predicted molar refractivity (Wildman–Crippen MR) is 54.2 cm³/mol. The number of hydrogen-bond donors (Lipinski definition) is 2. The molecule has 4 nitrogen and oxygen atoms in total. The molecule has 0 unspecified atom stereocenters. The van der Waals surface area contributed by atoms with Gasteiger partial charge in [0.05, 0.1) is 17.8 Å². The van der Waals surface area contributed by atoms with Gasteiger partial charge in [0, 0.05) is 6.20 Å². The summed E-state index contributed by atoms with van der Waals surface area (Å²) in [6.45, 7) is 4.18. The molecular formula is C10H18N2O2. The van der Waals surface area contributed by atoms with Crippen molar-refractivity contribution in [2.24, 2.45) is 17.4 Å². The summed E-state index contributed by atoms with van der Waals surface area (Å²) >= 11 is 0. The van der Waals surface area contributed by atoms with Gasteiger partial charge in [-0.15, -0.1) is 0 Å². The Morgan fingerprint density at radius 2 is 2.29 bits per heavy atom. The summed E-state index contributed by atoms with van der Waals surface area (Å²) < 4.78 is 5.69. The van der Waals surface area contributed by atoms with Crippen LogP contribution >= 0.6 is 0 Å². The van der Waals surface area contributed by atoms with Gasteiger partial charge in [0.15, 0.2) is 0 Å². The van der Waals surface area contributed by atoms with Crippen LogP contribution < -0.4 is 11.5 Å². The molecule has 1 aliphatic heterocycles. The SMILES string of the molecule is CC[C@H]1O[C@@H](/C(=C/N)C(N)=O)C[C@H]1C. The Morgan fingerprint density at radius 1 is 1.64 bits per heavy atom. The van der Waals surface area contributed by atoms with Crippen LogP contribution in [-0.4, -0.2) is 18.1 Å². The Morgan fingerprint density at radius 3 is 2.64 bits per heavy atom. The van der Waals surface area contributed by atoms with E-state index >= 15 is 0 Å². The summed E-state index contributed by atoms with van der Waals surface area (Å²) in [7, 11) is 0. The number of nitrogens with two attached hydrogens (primary N) is 2. The van der Waals surface area contributed by atoms with Crippen molar-refractivity contribution in [3.8, 4) is 0 Å². The lowest BCUT2D eigenvalue weighted by molar-refractivity contribution is -0.115. The number of primary amides is 1. The highest BCUT2D eigenvalue weighted by Crippen LogP contribution is 2.31. The van der Waals surface area contributed by atoms with Gasteiger partial charge in [-0.3, -0.25) is 4.79 Å². The molecule has 0 saturated carbocycles. The van der Waals surface area contributed by atoms with Crippen molar-refractivity contribution in [1.82, 2.24) is 0 Å². The van der Waals surface area contributed by atoms with Crippen LogP contribution in [0.15, 0.2) is 11.8 Å². The standard InChI is InChI=1S/C10H18N2O2/c1-3-8-6(2)4-9(14-8)7(5-11)10(12)13/h5-6,8-9H,3-4,11H2,1-2H3,(H2,12,13)/b7-5-/t6-,8-,9-/m1/s1. The van der Waals surface area contributed by atoms with E-state index < -0.39 is 5.91 Å². The van der Waals surface area contributed by atoms with Crippen LogP contribution in [-0.2, 0) is 9.53 Å². The minimum absolute atomic E-state index is 0.211. The fraction of sp³-hybridized carbons (Fsp3) is 0.700. The number of rotatable bonds is 3. The van der Waals surface area contributed by atoms with E-state index in [1.807, 2.05) is 0 Å². The van der Waals surface area contributed by atoms with Crippen molar-refractivity contribution in [2.45, 2.75) is 38.9 Å². The molecule has 0 bridgehead atoms. The number of carbonyl (C=O) groups excluding carboxylic acids is 1. The molecule has 0 aliphatic carbocycles. The largest absolute Gasteiger partial charge is 0.404 e. The van der Waals surface area contributed by atoms with E-state index in [0.29, 0.717) is 11.5 Å². The molecule has 4 heteroatoms. The molecule has 1 aliphatic rings. The Kier molecular flexibility index (Phi) is 3.52. The Hall–Kier alpha value is -1.03. The summed E-state index contributed by atoms with van der Waals surface area (Å²) in [5, 5.41) is 0. The first-order chi connectivity index (χ1) is 6.60. The van der Waals surface area contributed by atoms with E-state index in [1.165, 1.54) is 6.20 Å². The molecule has 1 saturated heterocycles. The van der Waals surface area contributed by atoms with Gasteiger partial charge in [-0.25, -0.2) is 0 Å². The van der Waals surface area contributed by atoms with Crippen LogP contribution in [0, 0.1) is 5.92 Å². The zero-order valence-electron chi connectivity index (χ0n) is 8.69. The van der Waals surface area contributed by atoms with Gasteiger partial charge in [0.25, 0.3) is 0 Å². The third kappa shape index (κ3) is 2.07. The average molecular weight is 198 g/mol. The van der Waals surface area contributed by atoms with Gasteiger partial charge < -0.3 is 16.2 Å². The number of carbonyl (C=O) groups is 1. The monoisotopic (exact) mass is 198 g/mol. The lowest BCUT2D eigenvalue weighted by atomic mass is 9.97. The second-order valence-corrected chi connectivity index (χ2v) is 3.77. The molecule has 1 heterocycles. The summed E-state index contributed by atoms with van der Waals surface area (Å²) in [6, 6.07) is 0. The number of hydrogen-bond acceptors (Lipinski definition) is 3. The molecule has 1 rings (SSSR count). The zero-order chi connectivity index (χ0) is 10.7. The third-order valence-corrected chi connectivity index (χ3v) is 2.77. The molecule has 0 aromatic heterocycles. The minimum atomic E-state index is -0.485. The maximum Gasteiger partial charge on any atom is 0.248 e. The second kappa shape index (κ2) is 4.46. The van der Waals surface area contributed by atoms with Crippen molar-refractivity contribution >= 4 is 5.91 Å². The van der Waals surface area contributed by atoms with Gasteiger partial charge in [0.2, 0.25) is 5.91 Å². The highest BCUT2D eigenvalue weighted by atomic mass is 16.5. The summed E-state index contributed by atoms with van der Waals surface area (Å²) in [6.07, 6.45) is 3.04. The molecule has 1 amide bonds. The minimum Gasteiger partial charge on any atom is -0.404 e. The highest BCUT2D eigenvalue weighted by Gasteiger charge is 2.34. The Balaban J connectivity index is 2.69. The van der Waals surface area contributed by atoms with E-state index in [4.69, 9.17) is 16.2 Å². The van der Waals surface area contributed by atoms with E-state index in [-0.39, 0.29) is 12.2 Å². The molecular weight excluding hydrogens is 180 g/mol. The molecule has 0 spiro atoms. The Bertz CT molecular complexity index is 251. The molecule has 3 atom stereocenters. The molecule has 1 fully saturated rings. The van der Waals surface area contributed by atoms with Crippen molar-refractivity contribution in [2.75, 3.05) is 0 Å². The second-order valence-electron chi connectivity index (χ2n) is 3.77. The van der Waals surface area contributed by atoms with Crippen molar-refractivity contribution in [3.05, 3.63) is 11.8 Å². The molecule has 4 N–H and O–H groups in total. The van der Waals surface area contributed by atoms with Crippen LogP contribution in [0.1, 0.15) is 26.7 Å². The molecule has 0 aromatic carbocycles. The van der Waals surface area contributed by atoms with Crippen molar-refractivity contribution < 1.29 is 9.53 Å². The fourth-order valence-corrected chi connectivity index (χ4v) is 1.94. The highest BCUT2D eigenvalue weighted by molar-refractivity contribution is 5.92. The smallest absolute Gasteiger partial charge is 0.248 e. The van der Waals surface area contributed by atoms with Crippen LogP contribution in [0.5, 0.6) is 0 Å². The van der Waals surface area contributed by atoms with E-state index in [9.17, 15) is 4.79 Å². The van der Waals surface area contributed by atoms with Crippen LogP contribution in [0.2, 0.25) is 0 Å². The first-order valence-electron chi connectivity index (χ1n) is 4.97. The first kappa shape index (κ1) is 11.0. The predicted octanol–water partition coefficient (Wildman–Crippen LogP) is 0.518. The quantitative estimate of drug-likeness (QED) is 0.649. The molecule has 0 radical (unpaired) electrons.